The summed E-state index contributed by atoms with van der Waals surface area (Å²) in [5, 5.41) is 10.7. The molecule has 3 aromatic carbocycles. The van der Waals surface area contributed by atoms with Crippen molar-refractivity contribution in [2.75, 3.05) is 6.54 Å². The number of fused-ring (bicyclic) bond motifs is 1. The summed E-state index contributed by atoms with van der Waals surface area (Å²) >= 11 is 0. The highest BCUT2D eigenvalue weighted by Crippen LogP contribution is 2.23. The molecule has 0 fully saturated rings. The zero-order valence-electron chi connectivity index (χ0n) is 15.6. The Balaban J connectivity index is 1.67. The molecule has 1 atom stereocenters. The Morgan fingerprint density at radius 1 is 1.00 bits per heavy atom. The molecule has 0 bridgehead atoms. The van der Waals surface area contributed by atoms with E-state index in [0.717, 1.165) is 10.9 Å². The number of carboxylic acids is 1. The molecule has 7 heteroatoms. The van der Waals surface area contributed by atoms with Crippen LogP contribution < -0.4 is 4.72 Å². The molecular weight excluding hydrogens is 390 g/mol. The van der Waals surface area contributed by atoms with Gasteiger partial charge in [0.2, 0.25) is 10.0 Å². The highest BCUT2D eigenvalue weighted by molar-refractivity contribution is 7.89. The van der Waals surface area contributed by atoms with E-state index in [1.165, 1.54) is 0 Å². The van der Waals surface area contributed by atoms with E-state index in [9.17, 15) is 23.1 Å². The lowest BCUT2D eigenvalue weighted by Gasteiger charge is -2.11. The van der Waals surface area contributed by atoms with Crippen molar-refractivity contribution in [2.45, 2.75) is 23.7 Å². The smallest absolute Gasteiger partial charge is 0.311 e. The Bertz CT molecular complexity index is 1120. The fraction of sp³-hybridized carbons (Fsp3) is 0.182. The van der Waals surface area contributed by atoms with E-state index in [1.54, 1.807) is 48.5 Å². The lowest BCUT2D eigenvalue weighted by Crippen LogP contribution is -2.26. The molecule has 0 aromatic heterocycles. The van der Waals surface area contributed by atoms with Crippen LogP contribution in [0.1, 0.15) is 23.5 Å². The number of benzene rings is 3. The van der Waals surface area contributed by atoms with Gasteiger partial charge in [-0.05, 0) is 29.0 Å². The van der Waals surface area contributed by atoms with Crippen LogP contribution in [0.4, 0.5) is 0 Å². The third kappa shape index (κ3) is 4.88. The second-order valence-corrected chi connectivity index (χ2v) is 8.40. The van der Waals surface area contributed by atoms with Gasteiger partial charge in [-0.2, -0.15) is 0 Å². The third-order valence-corrected chi connectivity index (χ3v) is 6.28. The zero-order chi connectivity index (χ0) is 20.9. The first kappa shape index (κ1) is 20.7. The fourth-order valence-corrected chi connectivity index (χ4v) is 4.49. The maximum absolute atomic E-state index is 12.7. The largest absolute Gasteiger partial charge is 0.481 e. The molecular formula is C22H21NO5S. The van der Waals surface area contributed by atoms with E-state index < -0.39 is 21.9 Å². The van der Waals surface area contributed by atoms with Gasteiger partial charge in [-0.25, -0.2) is 13.1 Å². The number of hydrogen-bond donors (Lipinski definition) is 2. The molecule has 0 radical (unpaired) electrons. The molecule has 0 aliphatic carbocycles. The minimum atomic E-state index is -3.66. The van der Waals surface area contributed by atoms with E-state index in [4.69, 9.17) is 0 Å². The number of aldehydes is 1. The number of hydrogen-bond acceptors (Lipinski definition) is 4. The minimum absolute atomic E-state index is 0.0838. The van der Waals surface area contributed by atoms with Crippen molar-refractivity contribution in [1.29, 1.82) is 0 Å². The van der Waals surface area contributed by atoms with Crippen LogP contribution in [0.2, 0.25) is 0 Å². The second-order valence-electron chi connectivity index (χ2n) is 6.66. The summed E-state index contributed by atoms with van der Waals surface area (Å²) in [6.07, 6.45) is 0.962. The SMILES string of the molecule is O=CCC(C(=O)O)c1ccc(CCNS(=O)(=O)c2cccc3ccccc23)cc1. The van der Waals surface area contributed by atoms with Crippen molar-refractivity contribution < 1.29 is 23.1 Å². The lowest BCUT2D eigenvalue weighted by atomic mass is 9.95. The van der Waals surface area contributed by atoms with Crippen molar-refractivity contribution in [3.63, 3.8) is 0 Å². The monoisotopic (exact) mass is 411 g/mol. The van der Waals surface area contributed by atoms with Gasteiger partial charge in [0.05, 0.1) is 10.8 Å². The quantitative estimate of drug-likeness (QED) is 0.527. The first-order valence-electron chi connectivity index (χ1n) is 9.15. The number of nitrogens with one attached hydrogen (secondary N) is 1. The lowest BCUT2D eigenvalue weighted by molar-refractivity contribution is -0.139. The molecule has 2 N–H and O–H groups in total. The number of aliphatic carboxylic acids is 1. The Kier molecular flexibility index (Phi) is 6.41. The van der Waals surface area contributed by atoms with Crippen LogP contribution in [0.5, 0.6) is 0 Å². The average molecular weight is 411 g/mol. The van der Waals surface area contributed by atoms with Crippen LogP contribution >= 0.6 is 0 Å². The first-order valence-corrected chi connectivity index (χ1v) is 10.6. The second kappa shape index (κ2) is 8.98. The predicted molar refractivity (Wildman–Crippen MR) is 110 cm³/mol. The molecule has 29 heavy (non-hydrogen) atoms. The molecule has 0 heterocycles. The molecule has 0 aliphatic rings. The van der Waals surface area contributed by atoms with Gasteiger partial charge in [0, 0.05) is 18.4 Å². The van der Waals surface area contributed by atoms with E-state index in [1.807, 2.05) is 18.2 Å². The summed E-state index contributed by atoms with van der Waals surface area (Å²) in [4.78, 5) is 22.2. The van der Waals surface area contributed by atoms with E-state index in [0.29, 0.717) is 23.7 Å². The summed E-state index contributed by atoms with van der Waals surface area (Å²) in [5.74, 6) is -1.92. The highest BCUT2D eigenvalue weighted by atomic mass is 32.2. The van der Waals surface area contributed by atoms with Crippen molar-refractivity contribution in [2.24, 2.45) is 0 Å². The van der Waals surface area contributed by atoms with Crippen LogP contribution in [0.3, 0.4) is 0 Å². The molecule has 0 aliphatic heterocycles. The van der Waals surface area contributed by atoms with Gasteiger partial charge in [0.15, 0.2) is 0 Å². The van der Waals surface area contributed by atoms with Crippen molar-refractivity contribution in [3.8, 4) is 0 Å². The summed E-state index contributed by atoms with van der Waals surface area (Å²) in [7, 11) is -3.66. The van der Waals surface area contributed by atoms with Crippen LogP contribution in [-0.2, 0) is 26.0 Å². The van der Waals surface area contributed by atoms with Crippen molar-refractivity contribution >= 4 is 33.1 Å². The van der Waals surface area contributed by atoms with Gasteiger partial charge < -0.3 is 9.90 Å². The van der Waals surface area contributed by atoms with Gasteiger partial charge in [-0.3, -0.25) is 4.79 Å². The number of carbonyl (C=O) groups is 2. The van der Waals surface area contributed by atoms with Gasteiger partial charge in [-0.1, -0.05) is 60.7 Å². The number of carbonyl (C=O) groups excluding carboxylic acids is 1. The third-order valence-electron chi connectivity index (χ3n) is 4.76. The van der Waals surface area contributed by atoms with Crippen LogP contribution in [0, 0.1) is 0 Å². The molecule has 3 aromatic rings. The zero-order valence-corrected chi connectivity index (χ0v) is 16.4. The van der Waals surface area contributed by atoms with Gasteiger partial charge in [-0.15, -0.1) is 0 Å². The molecule has 150 valence electrons. The number of rotatable bonds is 9. The molecule has 0 amide bonds. The van der Waals surface area contributed by atoms with Gasteiger partial charge in [0.1, 0.15) is 6.29 Å². The normalized spacial score (nSPS) is 12.6. The maximum Gasteiger partial charge on any atom is 0.311 e. The number of sulfonamides is 1. The first-order chi connectivity index (χ1) is 13.9. The molecule has 0 saturated carbocycles. The predicted octanol–water partition coefficient (Wildman–Crippen LogP) is 3.12. The van der Waals surface area contributed by atoms with E-state index in [-0.39, 0.29) is 17.9 Å². The van der Waals surface area contributed by atoms with E-state index in [2.05, 4.69) is 4.72 Å². The van der Waals surface area contributed by atoms with Crippen LogP contribution in [-0.4, -0.2) is 32.3 Å². The van der Waals surface area contributed by atoms with Crippen molar-refractivity contribution in [1.82, 2.24) is 4.72 Å². The molecule has 0 spiro atoms. The van der Waals surface area contributed by atoms with Gasteiger partial charge in [0.25, 0.3) is 0 Å². The molecule has 6 nitrogen and oxygen atoms in total. The molecule has 3 rings (SSSR count). The summed E-state index contributed by atoms with van der Waals surface area (Å²) in [5.41, 5.74) is 1.41. The Morgan fingerprint density at radius 2 is 1.69 bits per heavy atom. The molecule has 0 saturated heterocycles. The van der Waals surface area contributed by atoms with Crippen LogP contribution in [0.15, 0.2) is 71.6 Å². The Hall–Kier alpha value is -3.03. The molecule has 1 unspecified atom stereocenters. The summed E-state index contributed by atoms with van der Waals surface area (Å²) in [6.45, 7) is 0.210. The minimum Gasteiger partial charge on any atom is -0.481 e. The standard InChI is InChI=1S/C22H21NO5S/c24-15-13-20(22(25)26)18-10-8-16(9-11-18)12-14-23-29(27,28)21-7-3-5-17-4-1-2-6-19(17)21/h1-11,15,20,23H,12-14H2,(H,25,26). The Labute approximate surface area is 169 Å². The Morgan fingerprint density at radius 3 is 2.38 bits per heavy atom. The number of carboxylic acid groups (broad SMARTS) is 1. The highest BCUT2D eigenvalue weighted by Gasteiger charge is 2.19. The average Bonchev–Trinajstić information content (AvgIpc) is 2.72. The van der Waals surface area contributed by atoms with Gasteiger partial charge >= 0.3 is 5.97 Å². The van der Waals surface area contributed by atoms with E-state index >= 15 is 0 Å². The van der Waals surface area contributed by atoms with Crippen LogP contribution in [0.25, 0.3) is 10.8 Å². The summed E-state index contributed by atoms with van der Waals surface area (Å²) in [6, 6.07) is 19.3. The van der Waals surface area contributed by atoms with Crippen molar-refractivity contribution in [3.05, 3.63) is 77.9 Å². The summed E-state index contributed by atoms with van der Waals surface area (Å²) < 4.78 is 28.1. The maximum atomic E-state index is 12.7. The topological polar surface area (TPSA) is 101 Å². The fourth-order valence-electron chi connectivity index (χ4n) is 3.23.